The highest BCUT2D eigenvalue weighted by Gasteiger charge is 2.30. The molecule has 12 heteroatoms. The zero-order valence-electron chi connectivity index (χ0n) is 25.2. The minimum Gasteiger partial charge on any atom is -0.368 e. The lowest BCUT2D eigenvalue weighted by atomic mass is 10.0. The smallest absolute Gasteiger partial charge is 0.243 e. The number of carbonyl (C=O) groups excluding carboxylic acids is 6. The van der Waals surface area contributed by atoms with Gasteiger partial charge in [-0.3, -0.25) is 28.8 Å². The molecule has 1 aromatic carbocycles. The molecule has 228 valence electrons. The fourth-order valence-corrected chi connectivity index (χ4v) is 4.12. The van der Waals surface area contributed by atoms with Crippen molar-refractivity contribution in [2.45, 2.75) is 85.0 Å². The first-order valence-corrected chi connectivity index (χ1v) is 13.9. The molecule has 41 heavy (non-hydrogen) atoms. The van der Waals surface area contributed by atoms with Crippen LogP contribution in [0, 0.1) is 11.8 Å². The van der Waals surface area contributed by atoms with Crippen LogP contribution in [0.5, 0.6) is 0 Å². The zero-order chi connectivity index (χ0) is 31.3. The van der Waals surface area contributed by atoms with Crippen molar-refractivity contribution in [3.05, 3.63) is 35.9 Å². The van der Waals surface area contributed by atoms with Crippen molar-refractivity contribution in [3.63, 3.8) is 0 Å². The lowest BCUT2D eigenvalue weighted by Crippen LogP contribution is -2.57. The Hall–Kier alpha value is -3.96. The molecule has 0 aliphatic rings. The van der Waals surface area contributed by atoms with E-state index in [1.807, 2.05) is 44.2 Å². The molecule has 0 unspecified atom stereocenters. The van der Waals surface area contributed by atoms with Crippen LogP contribution in [0.1, 0.15) is 59.9 Å². The summed E-state index contributed by atoms with van der Waals surface area (Å²) in [4.78, 5) is 76.8. The molecule has 4 atom stereocenters. The Balaban J connectivity index is 2.86. The number of amides is 6. The topological polar surface area (TPSA) is 180 Å². The van der Waals surface area contributed by atoms with Gasteiger partial charge in [0, 0.05) is 19.9 Å². The predicted molar refractivity (Wildman–Crippen MR) is 155 cm³/mol. The van der Waals surface area contributed by atoms with Crippen LogP contribution in [0.2, 0.25) is 0 Å². The molecule has 0 aliphatic heterocycles. The summed E-state index contributed by atoms with van der Waals surface area (Å²) in [5.74, 6) is -3.40. The van der Waals surface area contributed by atoms with E-state index in [0.717, 1.165) is 5.56 Å². The van der Waals surface area contributed by atoms with Gasteiger partial charge < -0.3 is 31.9 Å². The van der Waals surface area contributed by atoms with Crippen molar-refractivity contribution in [2.75, 3.05) is 13.6 Å². The quantitative estimate of drug-likeness (QED) is 0.189. The summed E-state index contributed by atoms with van der Waals surface area (Å²) >= 11 is 0. The van der Waals surface area contributed by atoms with E-state index in [9.17, 15) is 28.8 Å². The number of nitrogens with zero attached hydrogens (tertiary/aromatic N) is 1. The van der Waals surface area contributed by atoms with Crippen LogP contribution in [0.25, 0.3) is 0 Å². The van der Waals surface area contributed by atoms with Crippen molar-refractivity contribution in [3.8, 4) is 0 Å². The van der Waals surface area contributed by atoms with E-state index in [0.29, 0.717) is 0 Å². The molecule has 0 spiro atoms. The summed E-state index contributed by atoms with van der Waals surface area (Å²) in [5, 5.41) is 10.3. The number of nitrogens with two attached hydrogens (primary N) is 1. The molecule has 0 radical (unpaired) electrons. The number of likely N-dealkylation sites (N-methyl/N-ethyl adjacent to an activating group) is 1. The molecule has 1 aromatic rings. The SMILES string of the molecule is CCC(=O)N(C)[C@@H](Cc1ccccc1)C(=O)NCC(=O)N[C@@H](CC(C)C)C(=O)N[C@@H](C)C(=O)N[C@H](C(N)=O)C(C)C. The van der Waals surface area contributed by atoms with E-state index in [2.05, 4.69) is 21.3 Å². The van der Waals surface area contributed by atoms with Gasteiger partial charge in [0.2, 0.25) is 35.4 Å². The third kappa shape index (κ3) is 12.0. The van der Waals surface area contributed by atoms with Gasteiger partial charge in [-0.05, 0) is 30.7 Å². The van der Waals surface area contributed by atoms with Crippen LogP contribution < -0.4 is 27.0 Å². The van der Waals surface area contributed by atoms with E-state index in [1.165, 1.54) is 11.8 Å². The van der Waals surface area contributed by atoms with E-state index < -0.39 is 60.2 Å². The minimum absolute atomic E-state index is 0.0221. The van der Waals surface area contributed by atoms with Crippen LogP contribution in [0.4, 0.5) is 0 Å². The van der Waals surface area contributed by atoms with Gasteiger partial charge in [0.15, 0.2) is 0 Å². The average Bonchev–Trinajstić information content (AvgIpc) is 2.91. The Morgan fingerprint density at radius 2 is 1.46 bits per heavy atom. The highest BCUT2D eigenvalue weighted by atomic mass is 16.2. The van der Waals surface area contributed by atoms with Crippen molar-refractivity contribution < 1.29 is 28.8 Å². The number of hydrogen-bond acceptors (Lipinski definition) is 6. The van der Waals surface area contributed by atoms with Gasteiger partial charge in [0.1, 0.15) is 24.2 Å². The number of benzene rings is 1. The standard InChI is InChI=1S/C29H46N6O6/c1-8-24(37)35(7)22(15-20-12-10-9-11-13-20)29(41)31-16-23(36)33-21(14-17(2)3)28(40)32-19(6)27(39)34-25(18(4)5)26(30)38/h9-13,17-19,21-22,25H,8,14-16H2,1-7H3,(H2,30,38)(H,31,41)(H,32,40)(H,33,36)(H,34,39)/t19-,21-,22-,25-/m0/s1. The predicted octanol–water partition coefficient (Wildman–Crippen LogP) is 0.244. The van der Waals surface area contributed by atoms with Crippen molar-refractivity contribution in [2.24, 2.45) is 17.6 Å². The Bertz CT molecular complexity index is 1060. The first-order chi connectivity index (χ1) is 19.2. The van der Waals surface area contributed by atoms with Crippen LogP contribution in [-0.4, -0.2) is 78.1 Å². The first-order valence-electron chi connectivity index (χ1n) is 13.9. The molecule has 0 saturated heterocycles. The van der Waals surface area contributed by atoms with Gasteiger partial charge in [0.25, 0.3) is 0 Å². The second kappa shape index (κ2) is 17.0. The molecule has 6 amide bonds. The molecule has 0 aliphatic carbocycles. The molecular weight excluding hydrogens is 528 g/mol. The average molecular weight is 575 g/mol. The van der Waals surface area contributed by atoms with Crippen molar-refractivity contribution in [1.82, 2.24) is 26.2 Å². The van der Waals surface area contributed by atoms with Crippen LogP contribution in [0.15, 0.2) is 30.3 Å². The Morgan fingerprint density at radius 1 is 0.854 bits per heavy atom. The number of carbonyl (C=O) groups is 6. The Labute approximate surface area is 242 Å². The third-order valence-electron chi connectivity index (χ3n) is 6.54. The van der Waals surface area contributed by atoms with E-state index >= 15 is 0 Å². The highest BCUT2D eigenvalue weighted by molar-refractivity contribution is 5.95. The number of primary amides is 1. The molecule has 0 aromatic heterocycles. The maximum Gasteiger partial charge on any atom is 0.243 e. The monoisotopic (exact) mass is 574 g/mol. The van der Waals surface area contributed by atoms with Gasteiger partial charge in [-0.25, -0.2) is 0 Å². The molecule has 0 fully saturated rings. The van der Waals surface area contributed by atoms with Crippen LogP contribution in [0.3, 0.4) is 0 Å². The Kier molecular flexibility index (Phi) is 14.5. The molecule has 0 bridgehead atoms. The second-order valence-corrected chi connectivity index (χ2v) is 10.9. The normalized spacial score (nSPS) is 13.9. The van der Waals surface area contributed by atoms with Gasteiger partial charge in [0.05, 0.1) is 6.54 Å². The number of rotatable bonds is 16. The summed E-state index contributed by atoms with van der Waals surface area (Å²) in [6.07, 6.45) is 0.765. The van der Waals surface area contributed by atoms with Gasteiger partial charge in [-0.15, -0.1) is 0 Å². The van der Waals surface area contributed by atoms with Crippen molar-refractivity contribution in [1.29, 1.82) is 0 Å². The lowest BCUT2D eigenvalue weighted by molar-refractivity contribution is -0.139. The summed E-state index contributed by atoms with van der Waals surface area (Å²) in [5.41, 5.74) is 6.21. The maximum atomic E-state index is 13.1. The fraction of sp³-hybridized carbons (Fsp3) is 0.586. The van der Waals surface area contributed by atoms with Crippen LogP contribution in [-0.2, 0) is 35.2 Å². The maximum absolute atomic E-state index is 13.1. The second-order valence-electron chi connectivity index (χ2n) is 10.9. The van der Waals surface area contributed by atoms with Gasteiger partial charge in [-0.2, -0.15) is 0 Å². The summed E-state index contributed by atoms with van der Waals surface area (Å²) in [7, 11) is 1.55. The van der Waals surface area contributed by atoms with Crippen molar-refractivity contribution >= 4 is 35.4 Å². The van der Waals surface area contributed by atoms with E-state index in [1.54, 1.807) is 27.8 Å². The molecule has 0 saturated carbocycles. The van der Waals surface area contributed by atoms with Crippen LogP contribution >= 0.6 is 0 Å². The molecule has 12 nitrogen and oxygen atoms in total. The third-order valence-corrected chi connectivity index (χ3v) is 6.54. The highest BCUT2D eigenvalue weighted by Crippen LogP contribution is 2.10. The van der Waals surface area contributed by atoms with E-state index in [4.69, 9.17) is 5.73 Å². The van der Waals surface area contributed by atoms with Gasteiger partial charge >= 0.3 is 0 Å². The number of hydrogen-bond donors (Lipinski definition) is 5. The Morgan fingerprint density at radius 3 is 1.98 bits per heavy atom. The van der Waals surface area contributed by atoms with Gasteiger partial charge in [-0.1, -0.05) is 65.0 Å². The largest absolute Gasteiger partial charge is 0.368 e. The first kappa shape index (κ1) is 35.1. The molecule has 0 heterocycles. The minimum atomic E-state index is -1.00. The number of nitrogens with one attached hydrogen (secondary N) is 4. The van der Waals surface area contributed by atoms with E-state index in [-0.39, 0.29) is 37.0 Å². The molecule has 1 rings (SSSR count). The zero-order valence-corrected chi connectivity index (χ0v) is 25.2. The lowest BCUT2D eigenvalue weighted by Gasteiger charge is -2.27. The molecule has 6 N–H and O–H groups in total. The summed E-state index contributed by atoms with van der Waals surface area (Å²) in [6.45, 7) is 9.96. The fourth-order valence-electron chi connectivity index (χ4n) is 4.12. The molecular formula is C29H46N6O6. The summed E-state index contributed by atoms with van der Waals surface area (Å²) in [6, 6.07) is 5.53. The summed E-state index contributed by atoms with van der Waals surface area (Å²) < 4.78 is 0.